The minimum absolute atomic E-state index is 0.106. The summed E-state index contributed by atoms with van der Waals surface area (Å²) in [5, 5.41) is 7.51. The number of nitrogens with one attached hydrogen (secondary N) is 1. The fourth-order valence-corrected chi connectivity index (χ4v) is 2.92. The predicted octanol–water partition coefficient (Wildman–Crippen LogP) is 2.19. The highest BCUT2D eigenvalue weighted by molar-refractivity contribution is 7.98. The summed E-state index contributed by atoms with van der Waals surface area (Å²) >= 11 is 1.69. The van der Waals surface area contributed by atoms with E-state index in [1.54, 1.807) is 11.8 Å². The van der Waals surface area contributed by atoms with Crippen LogP contribution < -0.4 is 11.1 Å². The molecule has 1 amide bonds. The van der Waals surface area contributed by atoms with Gasteiger partial charge in [-0.3, -0.25) is 4.79 Å². The lowest BCUT2D eigenvalue weighted by Crippen LogP contribution is -2.40. The first-order valence-electron chi connectivity index (χ1n) is 7.67. The molecule has 0 bridgehead atoms. The average molecular weight is 332 g/mol. The van der Waals surface area contributed by atoms with Gasteiger partial charge in [0.15, 0.2) is 0 Å². The molecule has 0 fully saturated rings. The van der Waals surface area contributed by atoms with E-state index < -0.39 is 6.04 Å². The Morgan fingerprint density at radius 3 is 2.70 bits per heavy atom. The zero-order chi connectivity index (χ0) is 16.8. The lowest BCUT2D eigenvalue weighted by molar-refractivity contribution is -0.122. The van der Waals surface area contributed by atoms with Crippen molar-refractivity contribution in [1.82, 2.24) is 15.1 Å². The van der Waals surface area contributed by atoms with Crippen LogP contribution in [0.1, 0.15) is 23.4 Å². The molecule has 0 radical (unpaired) electrons. The van der Waals surface area contributed by atoms with Crippen LogP contribution in [0.5, 0.6) is 0 Å². The fraction of sp³-hybridized carbons (Fsp3) is 0.412. The van der Waals surface area contributed by atoms with Crippen LogP contribution >= 0.6 is 11.8 Å². The predicted molar refractivity (Wildman–Crippen MR) is 95.9 cm³/mol. The van der Waals surface area contributed by atoms with Gasteiger partial charge in [0, 0.05) is 17.8 Å². The van der Waals surface area contributed by atoms with Crippen molar-refractivity contribution in [2.75, 3.05) is 12.0 Å². The van der Waals surface area contributed by atoms with E-state index in [0.29, 0.717) is 13.0 Å². The van der Waals surface area contributed by atoms with Gasteiger partial charge in [-0.1, -0.05) is 18.2 Å². The molecule has 0 saturated carbocycles. The monoisotopic (exact) mass is 332 g/mol. The standard InChI is InChI=1S/C17H24N4OS/c1-12-15(11-19-17(22)16(18)9-10-23-3)13(2)21(20-12)14-7-5-4-6-8-14/h4-8,16H,9-11,18H2,1-3H3,(H,19,22)/t16-/m0/s1. The number of carbonyl (C=O) groups excluding carboxylic acids is 1. The maximum Gasteiger partial charge on any atom is 0.237 e. The Kier molecular flexibility index (Phi) is 6.24. The number of benzene rings is 1. The van der Waals surface area contributed by atoms with E-state index in [1.165, 1.54) is 0 Å². The smallest absolute Gasteiger partial charge is 0.237 e. The number of thioether (sulfide) groups is 1. The van der Waals surface area contributed by atoms with Gasteiger partial charge in [0.05, 0.1) is 17.4 Å². The number of aryl methyl sites for hydroxylation is 1. The van der Waals surface area contributed by atoms with Gasteiger partial charge in [-0.15, -0.1) is 0 Å². The molecule has 6 heteroatoms. The molecular weight excluding hydrogens is 308 g/mol. The molecule has 0 saturated heterocycles. The van der Waals surface area contributed by atoms with Crippen LogP contribution in [0.2, 0.25) is 0 Å². The van der Waals surface area contributed by atoms with Crippen LogP contribution in [0.15, 0.2) is 30.3 Å². The molecule has 0 spiro atoms. The molecule has 0 aliphatic heterocycles. The number of amides is 1. The molecule has 5 nitrogen and oxygen atoms in total. The normalized spacial score (nSPS) is 12.2. The van der Waals surface area contributed by atoms with Gasteiger partial charge in [-0.05, 0) is 44.4 Å². The summed E-state index contributed by atoms with van der Waals surface area (Å²) in [6, 6.07) is 9.52. The summed E-state index contributed by atoms with van der Waals surface area (Å²) in [5.74, 6) is 0.781. The molecule has 124 valence electrons. The molecule has 23 heavy (non-hydrogen) atoms. The Hall–Kier alpha value is -1.79. The second kappa shape index (κ2) is 8.17. The summed E-state index contributed by atoms with van der Waals surface area (Å²) in [5.41, 5.74) is 9.91. The van der Waals surface area contributed by atoms with Gasteiger partial charge >= 0.3 is 0 Å². The Morgan fingerprint density at radius 1 is 1.35 bits per heavy atom. The molecule has 0 aliphatic carbocycles. The van der Waals surface area contributed by atoms with Gasteiger partial charge in [0.2, 0.25) is 5.91 Å². The van der Waals surface area contributed by atoms with Gasteiger partial charge in [-0.25, -0.2) is 4.68 Å². The van der Waals surface area contributed by atoms with Crippen molar-refractivity contribution in [3.05, 3.63) is 47.3 Å². The number of para-hydroxylation sites is 1. The average Bonchev–Trinajstić information content (AvgIpc) is 2.85. The van der Waals surface area contributed by atoms with Crippen LogP contribution in [0.4, 0.5) is 0 Å². The van der Waals surface area contributed by atoms with E-state index in [2.05, 4.69) is 10.4 Å². The number of hydrogen-bond acceptors (Lipinski definition) is 4. The van der Waals surface area contributed by atoms with Crippen LogP contribution in [-0.4, -0.2) is 33.7 Å². The minimum atomic E-state index is -0.452. The van der Waals surface area contributed by atoms with Crippen molar-refractivity contribution in [2.45, 2.75) is 32.9 Å². The van der Waals surface area contributed by atoms with Crippen molar-refractivity contribution >= 4 is 17.7 Å². The highest BCUT2D eigenvalue weighted by Gasteiger charge is 2.16. The van der Waals surface area contributed by atoms with Crippen LogP contribution in [-0.2, 0) is 11.3 Å². The molecule has 1 aromatic heterocycles. The summed E-state index contributed by atoms with van der Waals surface area (Å²) in [7, 11) is 0. The second-order valence-corrected chi connectivity index (χ2v) is 6.49. The van der Waals surface area contributed by atoms with Gasteiger partial charge < -0.3 is 11.1 Å². The highest BCUT2D eigenvalue weighted by atomic mass is 32.2. The molecular formula is C17H24N4OS. The van der Waals surface area contributed by atoms with E-state index >= 15 is 0 Å². The maximum absolute atomic E-state index is 12.0. The van der Waals surface area contributed by atoms with Crippen LogP contribution in [0.25, 0.3) is 5.69 Å². The molecule has 1 atom stereocenters. The third-order valence-electron chi connectivity index (χ3n) is 3.85. The number of carbonyl (C=O) groups is 1. The minimum Gasteiger partial charge on any atom is -0.351 e. The van der Waals surface area contributed by atoms with Gasteiger partial charge in [0.1, 0.15) is 0 Å². The zero-order valence-corrected chi connectivity index (χ0v) is 14.7. The third-order valence-corrected chi connectivity index (χ3v) is 4.50. The Morgan fingerprint density at radius 2 is 2.04 bits per heavy atom. The zero-order valence-electron chi connectivity index (χ0n) is 13.9. The highest BCUT2D eigenvalue weighted by Crippen LogP contribution is 2.17. The number of hydrogen-bond donors (Lipinski definition) is 2. The molecule has 0 unspecified atom stereocenters. The first kappa shape index (κ1) is 17.6. The van der Waals surface area contributed by atoms with E-state index in [0.717, 1.165) is 28.4 Å². The summed E-state index contributed by atoms with van der Waals surface area (Å²) in [4.78, 5) is 12.0. The van der Waals surface area contributed by atoms with Crippen LogP contribution in [0, 0.1) is 13.8 Å². The van der Waals surface area contributed by atoms with Crippen LogP contribution in [0.3, 0.4) is 0 Å². The second-order valence-electron chi connectivity index (χ2n) is 5.50. The van der Waals surface area contributed by atoms with E-state index in [1.807, 2.05) is 55.1 Å². The van der Waals surface area contributed by atoms with E-state index in [9.17, 15) is 4.79 Å². The van der Waals surface area contributed by atoms with Crippen molar-refractivity contribution < 1.29 is 4.79 Å². The first-order valence-corrected chi connectivity index (χ1v) is 9.06. The lowest BCUT2D eigenvalue weighted by Gasteiger charge is -2.12. The van der Waals surface area contributed by atoms with E-state index in [4.69, 9.17) is 5.73 Å². The largest absolute Gasteiger partial charge is 0.351 e. The SMILES string of the molecule is CSCC[C@H](N)C(=O)NCc1c(C)nn(-c2ccccc2)c1C. The number of aromatic nitrogens is 2. The fourth-order valence-electron chi connectivity index (χ4n) is 2.43. The van der Waals surface area contributed by atoms with Gasteiger partial charge in [0.25, 0.3) is 0 Å². The molecule has 0 aliphatic rings. The summed E-state index contributed by atoms with van der Waals surface area (Å²) in [6.07, 6.45) is 2.70. The van der Waals surface area contributed by atoms with Crippen molar-refractivity contribution in [3.63, 3.8) is 0 Å². The molecule has 2 aromatic rings. The Labute approximate surface area is 141 Å². The quantitative estimate of drug-likeness (QED) is 0.815. The lowest BCUT2D eigenvalue weighted by atomic mass is 10.1. The van der Waals surface area contributed by atoms with Crippen molar-refractivity contribution in [3.8, 4) is 5.69 Å². The van der Waals surface area contributed by atoms with Crippen molar-refractivity contribution in [1.29, 1.82) is 0 Å². The summed E-state index contributed by atoms with van der Waals surface area (Å²) < 4.78 is 1.91. The molecule has 1 heterocycles. The number of nitrogens with zero attached hydrogens (tertiary/aromatic N) is 2. The molecule has 3 N–H and O–H groups in total. The van der Waals surface area contributed by atoms with Gasteiger partial charge in [-0.2, -0.15) is 16.9 Å². The maximum atomic E-state index is 12.0. The van der Waals surface area contributed by atoms with Crippen molar-refractivity contribution in [2.24, 2.45) is 5.73 Å². The third kappa shape index (κ3) is 4.36. The van der Waals surface area contributed by atoms with E-state index in [-0.39, 0.29) is 5.91 Å². The molecule has 2 rings (SSSR count). The molecule has 1 aromatic carbocycles. The number of nitrogens with two attached hydrogens (primary N) is 1. The topological polar surface area (TPSA) is 72.9 Å². The first-order chi connectivity index (χ1) is 11.0. The Balaban J connectivity index is 2.07. The Bertz CT molecular complexity index is 654. The number of rotatable bonds is 7. The summed E-state index contributed by atoms with van der Waals surface area (Å²) in [6.45, 7) is 4.43.